The smallest absolute Gasteiger partial charge is 0.244 e. The van der Waals surface area contributed by atoms with Crippen molar-refractivity contribution in [1.29, 1.82) is 0 Å². The lowest BCUT2D eigenvalue weighted by molar-refractivity contribution is 0.445. The molecule has 180 valence electrons. The highest BCUT2D eigenvalue weighted by Crippen LogP contribution is 2.33. The van der Waals surface area contributed by atoms with Gasteiger partial charge < -0.3 is 0 Å². The number of pyridine rings is 3. The summed E-state index contributed by atoms with van der Waals surface area (Å²) in [7, 11) is -3.56. The van der Waals surface area contributed by atoms with Gasteiger partial charge in [0.05, 0.1) is 0 Å². The van der Waals surface area contributed by atoms with Crippen molar-refractivity contribution in [3.8, 4) is 0 Å². The van der Waals surface area contributed by atoms with Crippen molar-refractivity contribution in [2.75, 3.05) is 13.1 Å². The Hall–Kier alpha value is -2.51. The highest BCUT2D eigenvalue weighted by atomic mass is 32.2. The molecule has 0 saturated carbocycles. The van der Waals surface area contributed by atoms with E-state index in [-0.39, 0.29) is 4.90 Å². The van der Waals surface area contributed by atoms with Gasteiger partial charge in [0.1, 0.15) is 30.0 Å². The van der Waals surface area contributed by atoms with Gasteiger partial charge in [-0.3, -0.25) is 0 Å². The van der Waals surface area contributed by atoms with E-state index in [2.05, 4.69) is 24.9 Å². The van der Waals surface area contributed by atoms with Crippen LogP contribution in [0, 0.1) is 0 Å². The lowest BCUT2D eigenvalue weighted by atomic mass is 10.5. The van der Waals surface area contributed by atoms with Crippen LogP contribution in [0.1, 0.15) is 13.8 Å². The Bertz CT molecular complexity index is 1290. The van der Waals surface area contributed by atoms with E-state index in [1.807, 2.05) is 56.3 Å². The molecule has 4 aromatic heterocycles. The van der Waals surface area contributed by atoms with Gasteiger partial charge in [-0.05, 0) is 71.7 Å². The molecule has 0 amide bonds. The van der Waals surface area contributed by atoms with Crippen molar-refractivity contribution in [3.63, 3.8) is 0 Å². The van der Waals surface area contributed by atoms with Crippen molar-refractivity contribution >= 4 is 45.3 Å². The van der Waals surface area contributed by atoms with Crippen LogP contribution >= 0.6 is 35.3 Å². The molecule has 0 aliphatic carbocycles. The van der Waals surface area contributed by atoms with Gasteiger partial charge in [-0.1, -0.05) is 26.0 Å². The maximum atomic E-state index is 12.7. The quantitative estimate of drug-likeness (QED) is 0.198. The number of aromatic nitrogens is 5. The van der Waals surface area contributed by atoms with Gasteiger partial charge in [-0.25, -0.2) is 33.3 Å². The summed E-state index contributed by atoms with van der Waals surface area (Å²) in [5.41, 5.74) is 0. The minimum Gasteiger partial charge on any atom is -0.250 e. The van der Waals surface area contributed by atoms with Crippen LogP contribution in [-0.4, -0.2) is 50.7 Å². The second-order valence-electron chi connectivity index (χ2n) is 6.89. The highest BCUT2D eigenvalue weighted by Gasteiger charge is 2.22. The zero-order valence-corrected chi connectivity index (χ0v) is 22.2. The van der Waals surface area contributed by atoms with E-state index < -0.39 is 10.0 Å². The molecule has 12 heteroatoms. The monoisotopic (exact) mass is 542 g/mol. The number of hydrogen-bond acceptors (Lipinski definition) is 10. The van der Waals surface area contributed by atoms with Crippen molar-refractivity contribution in [1.82, 2.24) is 29.2 Å². The summed E-state index contributed by atoms with van der Waals surface area (Å²) in [6.07, 6.45) is 4.85. The Morgan fingerprint density at radius 1 is 0.714 bits per heavy atom. The first-order valence-electron chi connectivity index (χ1n) is 10.7. The van der Waals surface area contributed by atoms with Gasteiger partial charge in [-0.15, -0.1) is 0 Å². The third-order valence-electron chi connectivity index (χ3n) is 4.60. The molecule has 0 aromatic carbocycles. The van der Waals surface area contributed by atoms with E-state index in [1.165, 1.54) is 45.8 Å². The SMILES string of the molecule is CCN(CC)S(=O)(=O)c1ccc(Sc2nc(Sc3ccccn3)cc(Sc3ccccn3)n2)nc1. The summed E-state index contributed by atoms with van der Waals surface area (Å²) in [6, 6.07) is 16.6. The molecule has 0 atom stereocenters. The highest BCUT2D eigenvalue weighted by molar-refractivity contribution is 8.00. The van der Waals surface area contributed by atoms with Crippen LogP contribution in [0.5, 0.6) is 0 Å². The third-order valence-corrected chi connectivity index (χ3v) is 9.19. The fraction of sp³-hybridized carbons (Fsp3) is 0.174. The van der Waals surface area contributed by atoms with Crippen LogP contribution in [0.3, 0.4) is 0 Å². The average Bonchev–Trinajstić information content (AvgIpc) is 2.86. The lowest BCUT2D eigenvalue weighted by Crippen LogP contribution is -2.30. The summed E-state index contributed by atoms with van der Waals surface area (Å²) in [6.45, 7) is 4.43. The van der Waals surface area contributed by atoms with Crippen LogP contribution in [0.4, 0.5) is 0 Å². The summed E-state index contributed by atoms with van der Waals surface area (Å²) < 4.78 is 26.9. The molecule has 35 heavy (non-hydrogen) atoms. The molecule has 0 radical (unpaired) electrons. The summed E-state index contributed by atoms with van der Waals surface area (Å²) in [4.78, 5) is 22.6. The van der Waals surface area contributed by atoms with E-state index in [0.717, 1.165) is 20.1 Å². The molecule has 4 aromatic rings. The predicted molar refractivity (Wildman–Crippen MR) is 137 cm³/mol. The topological polar surface area (TPSA) is 102 Å². The van der Waals surface area contributed by atoms with E-state index in [9.17, 15) is 8.42 Å². The second kappa shape index (κ2) is 12.0. The molecule has 4 rings (SSSR count). The molecule has 0 bridgehead atoms. The standard InChI is InChI=1S/C23H22N6O2S4/c1-3-29(4-2)35(30,31)17-11-12-20(26-16-17)34-23-27-21(32-18-9-5-7-13-24-18)15-22(28-23)33-19-10-6-8-14-25-19/h5-16H,3-4H2,1-2H3. The first-order valence-corrected chi connectivity index (χ1v) is 14.6. The molecule has 0 aliphatic rings. The van der Waals surface area contributed by atoms with Gasteiger partial charge in [0.2, 0.25) is 10.0 Å². The molecule has 0 N–H and O–H groups in total. The molecule has 0 unspecified atom stereocenters. The number of sulfonamides is 1. The minimum atomic E-state index is -3.56. The zero-order chi connectivity index (χ0) is 24.7. The molecule has 0 spiro atoms. The van der Waals surface area contributed by atoms with E-state index >= 15 is 0 Å². The first kappa shape index (κ1) is 25.6. The molecule has 0 fully saturated rings. The summed E-state index contributed by atoms with van der Waals surface area (Å²) in [5.74, 6) is 0. The van der Waals surface area contributed by atoms with Crippen LogP contribution in [0.25, 0.3) is 0 Å². The lowest BCUT2D eigenvalue weighted by Gasteiger charge is -2.18. The van der Waals surface area contributed by atoms with Gasteiger partial charge in [0.15, 0.2) is 5.16 Å². The molecule has 8 nitrogen and oxygen atoms in total. The Kier molecular flexibility index (Phi) is 8.74. The maximum absolute atomic E-state index is 12.7. The normalized spacial score (nSPS) is 11.6. The fourth-order valence-electron chi connectivity index (χ4n) is 2.95. The maximum Gasteiger partial charge on any atom is 0.244 e. The van der Waals surface area contributed by atoms with Gasteiger partial charge in [0.25, 0.3) is 0 Å². The molecular formula is C23H22N6O2S4. The summed E-state index contributed by atoms with van der Waals surface area (Å²) in [5, 5.41) is 4.20. The Morgan fingerprint density at radius 2 is 1.29 bits per heavy atom. The second-order valence-corrected chi connectivity index (χ2v) is 11.9. The fourth-order valence-corrected chi connectivity index (χ4v) is 6.81. The third kappa shape index (κ3) is 6.79. The van der Waals surface area contributed by atoms with Crippen LogP contribution in [0.2, 0.25) is 0 Å². The number of hydrogen-bond donors (Lipinski definition) is 0. The van der Waals surface area contributed by atoms with E-state index in [4.69, 9.17) is 0 Å². The van der Waals surface area contributed by atoms with E-state index in [0.29, 0.717) is 23.3 Å². The van der Waals surface area contributed by atoms with Crippen LogP contribution in [0.15, 0.2) is 108 Å². The first-order chi connectivity index (χ1) is 17.0. The van der Waals surface area contributed by atoms with Gasteiger partial charge in [0, 0.05) is 37.7 Å². The Labute approximate surface area is 217 Å². The van der Waals surface area contributed by atoms with E-state index in [1.54, 1.807) is 24.5 Å². The minimum absolute atomic E-state index is 0.164. The van der Waals surface area contributed by atoms with Crippen molar-refractivity contribution in [3.05, 3.63) is 73.2 Å². The molecule has 4 heterocycles. The van der Waals surface area contributed by atoms with Crippen molar-refractivity contribution in [2.24, 2.45) is 0 Å². The zero-order valence-electron chi connectivity index (χ0n) is 19.0. The van der Waals surface area contributed by atoms with Crippen LogP contribution in [-0.2, 0) is 10.0 Å². The number of rotatable bonds is 10. The van der Waals surface area contributed by atoms with Gasteiger partial charge >= 0.3 is 0 Å². The number of nitrogens with zero attached hydrogens (tertiary/aromatic N) is 6. The molecule has 0 saturated heterocycles. The van der Waals surface area contributed by atoms with Gasteiger partial charge in [-0.2, -0.15) is 4.31 Å². The summed E-state index contributed by atoms with van der Waals surface area (Å²) >= 11 is 4.14. The van der Waals surface area contributed by atoms with Crippen LogP contribution < -0.4 is 0 Å². The predicted octanol–water partition coefficient (Wildman–Crippen LogP) is 5.15. The molecule has 0 aliphatic heterocycles. The Balaban J connectivity index is 1.60. The molecular weight excluding hydrogens is 521 g/mol. The Morgan fingerprint density at radius 3 is 1.74 bits per heavy atom. The average molecular weight is 543 g/mol. The van der Waals surface area contributed by atoms with Crippen molar-refractivity contribution < 1.29 is 8.42 Å². The largest absolute Gasteiger partial charge is 0.250 e. The van der Waals surface area contributed by atoms with Crippen molar-refractivity contribution in [2.45, 2.75) is 49.0 Å².